The van der Waals surface area contributed by atoms with Crippen LogP contribution in [0.15, 0.2) is 97.1 Å². The quantitative estimate of drug-likeness (QED) is 0.295. The van der Waals surface area contributed by atoms with Gasteiger partial charge in [-0.15, -0.1) is 0 Å². The second-order valence-electron chi connectivity index (χ2n) is 6.82. The van der Waals surface area contributed by atoms with Crippen molar-refractivity contribution in [1.82, 2.24) is 14.6 Å². The Balaban J connectivity index is 0.000000686. The van der Waals surface area contributed by atoms with Gasteiger partial charge in [-0.2, -0.15) is 5.10 Å². The molecule has 0 spiro atoms. The van der Waals surface area contributed by atoms with E-state index < -0.39 is 0 Å². The molecule has 0 aliphatic carbocycles. The molecule has 3 nitrogen and oxygen atoms in total. The van der Waals surface area contributed by atoms with Gasteiger partial charge in [0.25, 0.3) is 0 Å². The van der Waals surface area contributed by atoms with E-state index in [1.165, 1.54) is 0 Å². The maximum Gasteiger partial charge on any atom is 0.164 e. The lowest BCUT2D eigenvalue weighted by molar-refractivity contribution is 0.926. The summed E-state index contributed by atoms with van der Waals surface area (Å²) in [5.74, 6) is 0. The number of benzene rings is 3. The fourth-order valence-corrected chi connectivity index (χ4v) is 3.64. The van der Waals surface area contributed by atoms with E-state index in [1.807, 2.05) is 69.5 Å². The van der Waals surface area contributed by atoms with E-state index in [0.29, 0.717) is 0 Å². The second-order valence-corrected chi connectivity index (χ2v) is 6.82. The van der Waals surface area contributed by atoms with Crippen molar-refractivity contribution in [3.8, 4) is 33.6 Å². The first kappa shape index (κ1) is 23.0. The molecule has 0 aliphatic rings. The molecule has 2 aromatic heterocycles. The summed E-state index contributed by atoms with van der Waals surface area (Å²) >= 11 is 0. The first-order chi connectivity index (χ1) is 15.8. The molecule has 0 saturated heterocycles. The highest BCUT2D eigenvalue weighted by molar-refractivity contribution is 5.83. The molecule has 5 rings (SSSR count). The third-order valence-electron chi connectivity index (χ3n) is 4.97. The molecule has 0 atom stereocenters. The molecule has 0 amide bonds. The van der Waals surface area contributed by atoms with Gasteiger partial charge < -0.3 is 0 Å². The zero-order valence-corrected chi connectivity index (χ0v) is 19.6. The van der Waals surface area contributed by atoms with Crippen LogP contribution in [0.4, 0.5) is 0 Å². The Kier molecular flexibility index (Phi) is 7.93. The lowest BCUT2D eigenvalue weighted by atomic mass is 10.0. The summed E-state index contributed by atoms with van der Waals surface area (Å²) in [5.41, 5.74) is 8.26. The van der Waals surface area contributed by atoms with Crippen LogP contribution in [-0.2, 0) is 0 Å². The minimum Gasteiger partial charge on any atom is -0.228 e. The predicted octanol–water partition coefficient (Wildman–Crippen LogP) is 8.09. The Labute approximate surface area is 191 Å². The number of rotatable bonds is 3. The topological polar surface area (TPSA) is 30.2 Å². The highest BCUT2D eigenvalue weighted by Crippen LogP contribution is 2.32. The maximum absolute atomic E-state index is 5.03. The third kappa shape index (κ3) is 4.62. The molecule has 3 heteroatoms. The Hall–Kier alpha value is -3.72. The minimum absolute atomic E-state index is 0.879. The first-order valence-electron chi connectivity index (χ1n) is 11.4. The van der Waals surface area contributed by atoms with Crippen molar-refractivity contribution in [3.05, 3.63) is 103 Å². The van der Waals surface area contributed by atoms with Crippen LogP contribution in [0.3, 0.4) is 0 Å². The Morgan fingerprint density at radius 1 is 0.594 bits per heavy atom. The van der Waals surface area contributed by atoms with E-state index in [-0.39, 0.29) is 0 Å². The van der Waals surface area contributed by atoms with Crippen LogP contribution >= 0.6 is 0 Å². The number of nitrogens with zero attached hydrogens (tertiary/aromatic N) is 3. The third-order valence-corrected chi connectivity index (χ3v) is 4.97. The minimum atomic E-state index is 0.879. The molecule has 0 bridgehead atoms. The first-order valence-corrected chi connectivity index (χ1v) is 11.4. The summed E-state index contributed by atoms with van der Waals surface area (Å²) in [5, 5.41) is 4.85. The molecule has 0 radical (unpaired) electrons. The van der Waals surface area contributed by atoms with Crippen LogP contribution in [0.2, 0.25) is 0 Å². The number of hydrogen-bond acceptors (Lipinski definition) is 2. The SMILES string of the molecule is CC.CC.Cc1nn2c(-c3ccccc3)cc(-c3ccccc3)nc2c1-c1ccccc1. The van der Waals surface area contributed by atoms with Gasteiger partial charge in [0.15, 0.2) is 5.65 Å². The van der Waals surface area contributed by atoms with Crippen LogP contribution < -0.4 is 0 Å². The number of hydrogen-bond donors (Lipinski definition) is 0. The average molecular weight is 422 g/mol. The largest absolute Gasteiger partial charge is 0.228 e. The van der Waals surface area contributed by atoms with Crippen molar-refractivity contribution < 1.29 is 0 Å². The molecule has 0 aliphatic heterocycles. The van der Waals surface area contributed by atoms with E-state index in [4.69, 9.17) is 10.1 Å². The summed E-state index contributed by atoms with van der Waals surface area (Å²) < 4.78 is 1.97. The highest BCUT2D eigenvalue weighted by atomic mass is 15.3. The Morgan fingerprint density at radius 3 is 1.59 bits per heavy atom. The molecule has 32 heavy (non-hydrogen) atoms. The zero-order chi connectivity index (χ0) is 22.9. The van der Waals surface area contributed by atoms with Crippen molar-refractivity contribution in [2.75, 3.05) is 0 Å². The van der Waals surface area contributed by atoms with Gasteiger partial charge in [0, 0.05) is 16.7 Å². The van der Waals surface area contributed by atoms with Gasteiger partial charge in [-0.3, -0.25) is 0 Å². The Morgan fingerprint density at radius 2 is 1.06 bits per heavy atom. The van der Waals surface area contributed by atoms with Crippen LogP contribution in [0.1, 0.15) is 33.4 Å². The Bertz CT molecular complexity index is 1240. The van der Waals surface area contributed by atoms with Gasteiger partial charge in [0.2, 0.25) is 0 Å². The summed E-state index contributed by atoms with van der Waals surface area (Å²) in [6.45, 7) is 10.0. The molecule has 0 unspecified atom stereocenters. The van der Waals surface area contributed by atoms with Gasteiger partial charge in [-0.1, -0.05) is 119 Å². The highest BCUT2D eigenvalue weighted by Gasteiger charge is 2.17. The second kappa shape index (κ2) is 11.1. The molecule has 0 saturated carbocycles. The van der Waals surface area contributed by atoms with Crippen LogP contribution in [0.25, 0.3) is 39.3 Å². The van der Waals surface area contributed by atoms with E-state index in [0.717, 1.165) is 45.0 Å². The van der Waals surface area contributed by atoms with Crippen molar-refractivity contribution in [3.63, 3.8) is 0 Å². The fourth-order valence-electron chi connectivity index (χ4n) is 3.64. The van der Waals surface area contributed by atoms with E-state index >= 15 is 0 Å². The standard InChI is InChI=1S/C25H19N3.2C2H6/c1-18-24(21-15-9-4-10-16-21)25-26-22(19-11-5-2-6-12-19)17-23(28(25)27-18)20-13-7-3-8-14-20;2*1-2/h2-17H,1H3;2*1-2H3. The van der Waals surface area contributed by atoms with E-state index in [9.17, 15) is 0 Å². The van der Waals surface area contributed by atoms with Crippen LogP contribution in [0, 0.1) is 6.92 Å². The molecule has 5 aromatic rings. The maximum atomic E-state index is 5.03. The van der Waals surface area contributed by atoms with Crippen molar-refractivity contribution >= 4 is 5.65 Å². The number of aromatic nitrogens is 3. The van der Waals surface area contributed by atoms with Crippen LogP contribution in [0.5, 0.6) is 0 Å². The average Bonchev–Trinajstić information content (AvgIpc) is 3.23. The molecule has 0 N–H and O–H groups in total. The van der Waals surface area contributed by atoms with Gasteiger partial charge in [0.1, 0.15) is 0 Å². The lowest BCUT2D eigenvalue weighted by Crippen LogP contribution is -1.98. The monoisotopic (exact) mass is 421 g/mol. The normalized spacial score (nSPS) is 10.0. The molecular formula is C29H31N3. The van der Waals surface area contributed by atoms with E-state index in [2.05, 4.69) is 66.7 Å². The summed E-state index contributed by atoms with van der Waals surface area (Å²) in [6, 6.07) is 33.2. The molecule has 2 heterocycles. The summed E-state index contributed by atoms with van der Waals surface area (Å²) in [7, 11) is 0. The molecule has 3 aromatic carbocycles. The van der Waals surface area contributed by atoms with Gasteiger partial charge in [0.05, 0.1) is 17.1 Å². The summed E-state index contributed by atoms with van der Waals surface area (Å²) in [6.07, 6.45) is 0. The molecular weight excluding hydrogens is 390 g/mol. The van der Waals surface area contributed by atoms with Crippen molar-refractivity contribution in [2.45, 2.75) is 34.6 Å². The fraction of sp³-hybridized carbons (Fsp3) is 0.172. The number of aryl methyl sites for hydroxylation is 1. The predicted molar refractivity (Wildman–Crippen MR) is 137 cm³/mol. The molecule has 0 fully saturated rings. The van der Waals surface area contributed by atoms with Gasteiger partial charge >= 0.3 is 0 Å². The number of fused-ring (bicyclic) bond motifs is 1. The smallest absolute Gasteiger partial charge is 0.164 e. The van der Waals surface area contributed by atoms with Gasteiger partial charge in [-0.25, -0.2) is 9.50 Å². The van der Waals surface area contributed by atoms with E-state index in [1.54, 1.807) is 0 Å². The molecule has 162 valence electrons. The van der Waals surface area contributed by atoms with Crippen molar-refractivity contribution in [2.24, 2.45) is 0 Å². The van der Waals surface area contributed by atoms with Gasteiger partial charge in [-0.05, 0) is 18.6 Å². The lowest BCUT2D eigenvalue weighted by Gasteiger charge is -2.09. The van der Waals surface area contributed by atoms with Crippen molar-refractivity contribution in [1.29, 1.82) is 0 Å². The van der Waals surface area contributed by atoms with Crippen LogP contribution in [-0.4, -0.2) is 14.6 Å². The zero-order valence-electron chi connectivity index (χ0n) is 19.6. The summed E-state index contributed by atoms with van der Waals surface area (Å²) in [4.78, 5) is 5.03.